The molecule has 0 aliphatic heterocycles. The van der Waals surface area contributed by atoms with Gasteiger partial charge in [-0.05, 0) is 37.3 Å². The number of rotatable bonds is 4. The molecule has 0 aliphatic rings. The average Bonchev–Trinajstić information content (AvgIpc) is 3.25. The molecule has 2 aromatic heterocycles. The minimum atomic E-state index is -0.182. The van der Waals surface area contributed by atoms with Crippen molar-refractivity contribution >= 4 is 45.9 Å². The number of benzene rings is 2. The molecule has 0 bridgehead atoms. The van der Waals surface area contributed by atoms with Crippen LogP contribution in [0.5, 0.6) is 0 Å². The second-order valence-corrected chi connectivity index (χ2v) is 7.70. The van der Waals surface area contributed by atoms with Crippen LogP contribution in [-0.4, -0.2) is 26.2 Å². The highest BCUT2D eigenvalue weighted by molar-refractivity contribution is 7.18. The zero-order valence-electron chi connectivity index (χ0n) is 14.6. The number of nitrogens with one attached hydrogen (secondary N) is 1. The molecule has 0 radical (unpaired) electrons. The maximum atomic E-state index is 12.7. The fourth-order valence-electron chi connectivity index (χ4n) is 2.63. The van der Waals surface area contributed by atoms with Crippen molar-refractivity contribution in [3.05, 3.63) is 80.2 Å². The molecule has 6 nitrogen and oxygen atoms in total. The normalized spacial score (nSPS) is 11.4. The summed E-state index contributed by atoms with van der Waals surface area (Å²) in [6.45, 7) is 1.82. The first-order valence-electron chi connectivity index (χ1n) is 8.23. The highest BCUT2D eigenvalue weighted by atomic mass is 35.5. The van der Waals surface area contributed by atoms with Gasteiger partial charge in [-0.15, -0.1) is 10.2 Å². The molecule has 0 spiro atoms. The zero-order chi connectivity index (χ0) is 19.7. The Hall–Kier alpha value is -2.74. The number of aromatic nitrogens is 4. The monoisotopic (exact) mass is 429 g/mol. The van der Waals surface area contributed by atoms with Gasteiger partial charge in [-0.1, -0.05) is 52.7 Å². The molecule has 1 N–H and O–H groups in total. The lowest BCUT2D eigenvalue weighted by Crippen LogP contribution is -2.17. The third-order valence-electron chi connectivity index (χ3n) is 4.01. The van der Waals surface area contributed by atoms with Crippen LogP contribution in [0.1, 0.15) is 11.3 Å². The Morgan fingerprint density at radius 2 is 1.93 bits per heavy atom. The topological polar surface area (TPSA) is 75.9 Å². The predicted molar refractivity (Wildman–Crippen MR) is 114 cm³/mol. The van der Waals surface area contributed by atoms with E-state index in [2.05, 4.69) is 20.3 Å². The van der Waals surface area contributed by atoms with Crippen LogP contribution in [0.4, 0.5) is 5.13 Å². The Morgan fingerprint density at radius 1 is 1.14 bits per heavy atom. The van der Waals surface area contributed by atoms with E-state index in [1.165, 1.54) is 22.2 Å². The molecule has 28 heavy (non-hydrogen) atoms. The standard InChI is InChI=1S/C19H13Cl2N5OS/c1-11-15(18(27)26(25-11)13-5-3-2-4-6-13)10-22-19-24-23-17(28-19)14-8-7-12(20)9-16(14)21/h2-10,25H,1H3. The van der Waals surface area contributed by atoms with Crippen LogP contribution in [0.2, 0.25) is 10.0 Å². The van der Waals surface area contributed by atoms with Crippen LogP contribution in [0, 0.1) is 6.92 Å². The van der Waals surface area contributed by atoms with E-state index in [-0.39, 0.29) is 5.56 Å². The van der Waals surface area contributed by atoms with Gasteiger partial charge >= 0.3 is 0 Å². The molecular weight excluding hydrogens is 417 g/mol. The fourth-order valence-corrected chi connectivity index (χ4v) is 3.91. The van der Waals surface area contributed by atoms with E-state index < -0.39 is 0 Å². The average molecular weight is 430 g/mol. The molecule has 2 heterocycles. The summed E-state index contributed by atoms with van der Waals surface area (Å²) < 4.78 is 1.48. The van der Waals surface area contributed by atoms with E-state index in [1.54, 1.807) is 18.2 Å². The number of aliphatic imine (C=N–C) groups is 1. The Morgan fingerprint density at radius 3 is 2.68 bits per heavy atom. The smallest absolute Gasteiger partial charge is 0.280 e. The molecule has 140 valence electrons. The Kier molecular flexibility index (Phi) is 5.13. The van der Waals surface area contributed by atoms with Crippen molar-refractivity contribution in [3.63, 3.8) is 0 Å². The Bertz CT molecular complexity index is 1230. The third-order valence-corrected chi connectivity index (χ3v) is 5.42. The molecule has 4 rings (SSSR count). The summed E-state index contributed by atoms with van der Waals surface area (Å²) in [6, 6.07) is 14.5. The molecule has 0 aliphatic carbocycles. The first-order valence-corrected chi connectivity index (χ1v) is 9.80. The van der Waals surface area contributed by atoms with Gasteiger partial charge < -0.3 is 0 Å². The number of hydrogen-bond donors (Lipinski definition) is 1. The van der Waals surface area contributed by atoms with Crippen LogP contribution < -0.4 is 5.56 Å². The maximum Gasteiger partial charge on any atom is 0.280 e. The third kappa shape index (κ3) is 3.64. The molecule has 4 aromatic rings. The number of aryl methyl sites for hydroxylation is 1. The number of aromatic amines is 1. The number of para-hydroxylation sites is 1. The lowest BCUT2D eigenvalue weighted by molar-refractivity contribution is 0.835. The lowest BCUT2D eigenvalue weighted by Gasteiger charge is -1.99. The van der Waals surface area contributed by atoms with Crippen molar-refractivity contribution in [1.82, 2.24) is 20.0 Å². The second-order valence-electron chi connectivity index (χ2n) is 5.90. The summed E-state index contributed by atoms with van der Waals surface area (Å²) in [5.41, 5.74) is 2.48. The highest BCUT2D eigenvalue weighted by Crippen LogP contribution is 2.34. The van der Waals surface area contributed by atoms with Gasteiger partial charge in [0.25, 0.3) is 5.56 Å². The molecule has 9 heteroatoms. The molecule has 0 saturated heterocycles. The fraction of sp³-hybridized carbons (Fsp3) is 0.0526. The summed E-state index contributed by atoms with van der Waals surface area (Å²) in [5.74, 6) is 0. The number of hydrogen-bond acceptors (Lipinski definition) is 5. The van der Waals surface area contributed by atoms with Gasteiger partial charge in [0.05, 0.1) is 16.3 Å². The minimum absolute atomic E-state index is 0.182. The summed E-state index contributed by atoms with van der Waals surface area (Å²) >= 11 is 13.4. The van der Waals surface area contributed by atoms with Crippen LogP contribution in [0.15, 0.2) is 58.3 Å². The predicted octanol–water partition coefficient (Wildman–Crippen LogP) is 5.05. The number of H-pyrrole nitrogens is 1. The van der Waals surface area contributed by atoms with Crippen LogP contribution in [0.3, 0.4) is 0 Å². The molecule has 0 saturated carbocycles. The molecule has 0 fully saturated rings. The highest BCUT2D eigenvalue weighted by Gasteiger charge is 2.12. The molecule has 0 atom stereocenters. The van der Waals surface area contributed by atoms with Crippen molar-refractivity contribution < 1.29 is 0 Å². The van der Waals surface area contributed by atoms with E-state index in [4.69, 9.17) is 23.2 Å². The van der Waals surface area contributed by atoms with Crippen molar-refractivity contribution in [2.45, 2.75) is 6.92 Å². The molecule has 0 amide bonds. The van der Waals surface area contributed by atoms with Crippen LogP contribution >= 0.6 is 34.5 Å². The van der Waals surface area contributed by atoms with E-state index in [1.807, 2.05) is 37.3 Å². The number of nitrogens with zero attached hydrogens (tertiary/aromatic N) is 4. The molecule has 2 aromatic carbocycles. The van der Waals surface area contributed by atoms with E-state index in [0.717, 1.165) is 11.3 Å². The van der Waals surface area contributed by atoms with Crippen molar-refractivity contribution in [1.29, 1.82) is 0 Å². The summed E-state index contributed by atoms with van der Waals surface area (Å²) in [4.78, 5) is 17.0. The SMILES string of the molecule is Cc1[nH]n(-c2ccccc2)c(=O)c1C=Nc1nnc(-c2ccc(Cl)cc2Cl)s1. The summed E-state index contributed by atoms with van der Waals surface area (Å²) in [6.07, 6.45) is 1.50. The first-order chi connectivity index (χ1) is 13.5. The molecular formula is C19H13Cl2N5OS. The van der Waals surface area contributed by atoms with E-state index in [0.29, 0.717) is 31.4 Å². The van der Waals surface area contributed by atoms with E-state index >= 15 is 0 Å². The minimum Gasteiger partial charge on any atom is -0.295 e. The Balaban J connectivity index is 1.63. The molecule has 0 unspecified atom stereocenters. The van der Waals surface area contributed by atoms with Gasteiger partial charge in [-0.25, -0.2) is 9.67 Å². The van der Waals surface area contributed by atoms with Gasteiger partial charge in [0.15, 0.2) is 5.01 Å². The van der Waals surface area contributed by atoms with Gasteiger partial charge in [0.1, 0.15) is 0 Å². The summed E-state index contributed by atoms with van der Waals surface area (Å²) in [7, 11) is 0. The van der Waals surface area contributed by atoms with Crippen molar-refractivity contribution in [2.24, 2.45) is 4.99 Å². The lowest BCUT2D eigenvalue weighted by atomic mass is 10.2. The van der Waals surface area contributed by atoms with Gasteiger partial charge in [0, 0.05) is 22.5 Å². The maximum absolute atomic E-state index is 12.7. The number of halogens is 2. The van der Waals surface area contributed by atoms with E-state index in [9.17, 15) is 4.79 Å². The Labute approximate surface area is 174 Å². The van der Waals surface area contributed by atoms with Crippen molar-refractivity contribution in [3.8, 4) is 16.3 Å². The quantitative estimate of drug-likeness (QED) is 0.461. The van der Waals surface area contributed by atoms with Gasteiger partial charge in [-0.2, -0.15) is 0 Å². The van der Waals surface area contributed by atoms with Crippen LogP contribution in [-0.2, 0) is 0 Å². The van der Waals surface area contributed by atoms with Gasteiger partial charge in [-0.3, -0.25) is 9.89 Å². The van der Waals surface area contributed by atoms with Crippen LogP contribution in [0.25, 0.3) is 16.3 Å². The second kappa shape index (κ2) is 7.71. The largest absolute Gasteiger partial charge is 0.295 e. The first kappa shape index (κ1) is 18.6. The zero-order valence-corrected chi connectivity index (χ0v) is 16.9. The van der Waals surface area contributed by atoms with Gasteiger partial charge in [0.2, 0.25) is 5.13 Å². The van der Waals surface area contributed by atoms with Crippen molar-refractivity contribution in [2.75, 3.05) is 0 Å². The summed E-state index contributed by atoms with van der Waals surface area (Å²) in [5, 5.41) is 13.3.